The molecule has 0 saturated carbocycles. The van der Waals surface area contributed by atoms with E-state index in [1.165, 1.54) is 51.4 Å². The molecule has 64 heavy (non-hydrogen) atoms. The largest absolute Gasteiger partial charge is 0.394 e. The van der Waals surface area contributed by atoms with Gasteiger partial charge in [0.1, 0.15) is 0 Å². The van der Waals surface area contributed by atoms with Crippen LogP contribution in [0.3, 0.4) is 0 Å². The molecule has 4 nitrogen and oxygen atoms in total. The molecule has 3 N–H and O–H groups in total. The van der Waals surface area contributed by atoms with Crippen molar-refractivity contribution < 1.29 is 15.0 Å². The van der Waals surface area contributed by atoms with Gasteiger partial charge in [-0.15, -0.1) is 0 Å². The lowest BCUT2D eigenvalue weighted by Gasteiger charge is -2.20. The summed E-state index contributed by atoms with van der Waals surface area (Å²) in [6, 6.07) is -0.646. The molecule has 0 aromatic carbocycles. The van der Waals surface area contributed by atoms with Crippen LogP contribution >= 0.6 is 0 Å². The van der Waals surface area contributed by atoms with Gasteiger partial charge in [-0.1, -0.05) is 236 Å². The zero-order valence-electron chi connectivity index (χ0n) is 41.0. The topological polar surface area (TPSA) is 69.6 Å². The van der Waals surface area contributed by atoms with Crippen molar-refractivity contribution in [3.8, 4) is 0 Å². The van der Waals surface area contributed by atoms with Gasteiger partial charge in [0.05, 0.1) is 18.8 Å². The van der Waals surface area contributed by atoms with Gasteiger partial charge in [-0.3, -0.25) is 4.79 Å². The molecule has 0 spiro atoms. The number of unbranched alkanes of at least 4 members (excludes halogenated alkanes) is 13. The Hall–Kier alpha value is -3.99. The van der Waals surface area contributed by atoms with Crippen LogP contribution in [-0.4, -0.2) is 34.9 Å². The fourth-order valence-electron chi connectivity index (χ4n) is 6.63. The molecule has 2 atom stereocenters. The summed E-state index contributed by atoms with van der Waals surface area (Å²) in [6.45, 7) is 4.15. The van der Waals surface area contributed by atoms with Crippen LogP contribution in [0, 0.1) is 0 Å². The molecule has 0 aliphatic rings. The number of nitrogens with one attached hydrogen (secondary N) is 1. The second-order valence-electron chi connectivity index (χ2n) is 16.5. The summed E-state index contributed by atoms with van der Waals surface area (Å²) in [5.41, 5.74) is 0. The summed E-state index contributed by atoms with van der Waals surface area (Å²) in [4.78, 5) is 12.4. The highest BCUT2D eigenvalue weighted by atomic mass is 16.3. The predicted octanol–water partition coefficient (Wildman–Crippen LogP) is 17.0. The minimum atomic E-state index is -0.859. The summed E-state index contributed by atoms with van der Waals surface area (Å²) in [5.74, 6) is -0.0976. The van der Waals surface area contributed by atoms with E-state index in [0.29, 0.717) is 6.42 Å². The second-order valence-corrected chi connectivity index (χ2v) is 16.5. The van der Waals surface area contributed by atoms with Crippen LogP contribution in [0.5, 0.6) is 0 Å². The lowest BCUT2D eigenvalue weighted by atomic mass is 10.1. The third-order valence-electron chi connectivity index (χ3n) is 10.5. The van der Waals surface area contributed by atoms with E-state index in [9.17, 15) is 15.0 Å². The molecular formula is C60H95NO3. The van der Waals surface area contributed by atoms with Crippen molar-refractivity contribution in [1.29, 1.82) is 0 Å². The standard InChI is InChI=1S/C60H95NO3/c1-3-5-7-9-11-13-15-16-17-18-19-20-21-22-23-24-25-26-27-28-29-30-31-32-33-34-35-36-37-38-39-40-41-42-43-44-46-48-50-52-54-56-60(64)61-58(57-62)59(63)55-53-51-49-47-45-14-12-10-8-6-4-2/h5,7,11,13,16-17,19-20,22-23,25-26,28-29,31-32,34-35,37-38,40-41,43-44,53,55,58-59,62-63H,3-4,6,8-10,12,14-15,18,21,24,27,30,33,36,39,42,45-52,54,56-57H2,1-2H3,(H,61,64)/b7-5-,13-11-,17-16-,20-19-,23-22-,26-25-,29-28-,32-31-,35-34-,38-37-,41-40-,44-43-,55-53+. The first kappa shape index (κ1) is 60.0. The number of allylic oxidation sites excluding steroid dienone is 25. The number of hydrogen-bond acceptors (Lipinski definition) is 3. The highest BCUT2D eigenvalue weighted by Gasteiger charge is 2.17. The van der Waals surface area contributed by atoms with E-state index in [1.807, 2.05) is 6.08 Å². The van der Waals surface area contributed by atoms with Gasteiger partial charge in [0.25, 0.3) is 0 Å². The van der Waals surface area contributed by atoms with E-state index in [1.54, 1.807) is 6.08 Å². The predicted molar refractivity (Wildman–Crippen MR) is 284 cm³/mol. The van der Waals surface area contributed by atoms with Crippen molar-refractivity contribution >= 4 is 5.91 Å². The molecule has 0 rings (SSSR count). The number of amides is 1. The van der Waals surface area contributed by atoms with E-state index in [2.05, 4.69) is 165 Å². The number of carbonyl (C=O) groups excluding carboxylic acids is 1. The average molecular weight is 878 g/mol. The lowest BCUT2D eigenvalue weighted by molar-refractivity contribution is -0.123. The molecule has 4 heteroatoms. The highest BCUT2D eigenvalue weighted by molar-refractivity contribution is 5.76. The Labute approximate surface area is 395 Å². The van der Waals surface area contributed by atoms with Crippen LogP contribution in [0.15, 0.2) is 158 Å². The van der Waals surface area contributed by atoms with Crippen molar-refractivity contribution in [2.45, 2.75) is 206 Å². The van der Waals surface area contributed by atoms with Crippen LogP contribution in [0.2, 0.25) is 0 Å². The van der Waals surface area contributed by atoms with E-state index in [4.69, 9.17) is 0 Å². The molecule has 0 aliphatic heterocycles. The summed E-state index contributed by atoms with van der Waals surface area (Å²) >= 11 is 0. The van der Waals surface area contributed by atoms with Crippen LogP contribution in [0.25, 0.3) is 0 Å². The molecule has 0 aromatic rings. The maximum atomic E-state index is 12.4. The molecule has 358 valence electrons. The fraction of sp³-hybridized carbons (Fsp3) is 0.550. The lowest BCUT2D eigenvalue weighted by Crippen LogP contribution is -2.45. The third kappa shape index (κ3) is 49.0. The van der Waals surface area contributed by atoms with Gasteiger partial charge in [-0.25, -0.2) is 0 Å². The summed E-state index contributed by atoms with van der Waals surface area (Å²) in [5, 5.41) is 22.9. The fourth-order valence-corrected chi connectivity index (χ4v) is 6.63. The Morgan fingerprint density at radius 2 is 0.688 bits per heavy atom. The average Bonchev–Trinajstić information content (AvgIpc) is 3.30. The smallest absolute Gasteiger partial charge is 0.220 e. The molecule has 1 amide bonds. The number of aliphatic hydroxyl groups is 2. The molecule has 0 radical (unpaired) electrons. The molecule has 0 aliphatic carbocycles. The molecule has 0 fully saturated rings. The first-order chi connectivity index (χ1) is 31.7. The van der Waals surface area contributed by atoms with Crippen molar-refractivity contribution in [3.05, 3.63) is 158 Å². The molecule has 0 saturated heterocycles. The maximum Gasteiger partial charge on any atom is 0.220 e. The first-order valence-corrected chi connectivity index (χ1v) is 25.7. The zero-order chi connectivity index (χ0) is 46.3. The third-order valence-corrected chi connectivity index (χ3v) is 10.5. The molecule has 2 unspecified atom stereocenters. The van der Waals surface area contributed by atoms with Gasteiger partial charge in [-0.2, -0.15) is 0 Å². The van der Waals surface area contributed by atoms with Crippen LogP contribution < -0.4 is 5.32 Å². The Balaban J connectivity index is 3.72. The normalized spacial score (nSPS) is 14.2. The van der Waals surface area contributed by atoms with E-state index >= 15 is 0 Å². The Bertz CT molecular complexity index is 1410. The van der Waals surface area contributed by atoms with Gasteiger partial charge < -0.3 is 15.5 Å². The molecule has 0 heterocycles. The molecule has 0 bridgehead atoms. The van der Waals surface area contributed by atoms with Crippen LogP contribution in [0.1, 0.15) is 194 Å². The Morgan fingerprint density at radius 3 is 1.03 bits per heavy atom. The summed E-state index contributed by atoms with van der Waals surface area (Å²) in [7, 11) is 0. The monoisotopic (exact) mass is 878 g/mol. The Kier molecular flexibility index (Phi) is 50.0. The zero-order valence-corrected chi connectivity index (χ0v) is 41.0. The van der Waals surface area contributed by atoms with Gasteiger partial charge in [0, 0.05) is 6.42 Å². The maximum absolute atomic E-state index is 12.4. The summed E-state index contributed by atoms with van der Waals surface area (Å²) < 4.78 is 0. The van der Waals surface area contributed by atoms with E-state index in [0.717, 1.165) is 122 Å². The van der Waals surface area contributed by atoms with Gasteiger partial charge in [-0.05, 0) is 109 Å². The van der Waals surface area contributed by atoms with Crippen molar-refractivity contribution in [2.75, 3.05) is 6.61 Å². The first-order valence-electron chi connectivity index (χ1n) is 25.7. The Morgan fingerprint density at radius 1 is 0.391 bits per heavy atom. The minimum absolute atomic E-state index is 0.0976. The van der Waals surface area contributed by atoms with E-state index < -0.39 is 12.1 Å². The second kappa shape index (κ2) is 53.3. The van der Waals surface area contributed by atoms with Crippen molar-refractivity contribution in [2.24, 2.45) is 0 Å². The SMILES string of the molecule is CC/C=C\C/C=C\C/C=C\C/C=C\C/C=C\C/C=C\C/C=C\C/C=C\C/C=C\C/C=C\C/C=C\C/C=C\CCCCCCC(=O)NC(CO)C(O)/C=C/CCCCCCCCCCC. The van der Waals surface area contributed by atoms with Crippen molar-refractivity contribution in [1.82, 2.24) is 5.32 Å². The number of carbonyl (C=O) groups is 1. The van der Waals surface area contributed by atoms with Crippen LogP contribution in [0.4, 0.5) is 0 Å². The number of rotatable bonds is 44. The molecule has 0 aromatic heterocycles. The van der Waals surface area contributed by atoms with Crippen molar-refractivity contribution in [3.63, 3.8) is 0 Å². The van der Waals surface area contributed by atoms with Crippen LogP contribution in [-0.2, 0) is 4.79 Å². The minimum Gasteiger partial charge on any atom is -0.394 e. The molecular weight excluding hydrogens is 783 g/mol. The summed E-state index contributed by atoms with van der Waals surface area (Å²) in [6.07, 6.45) is 86.6. The van der Waals surface area contributed by atoms with Gasteiger partial charge in [0.15, 0.2) is 0 Å². The highest BCUT2D eigenvalue weighted by Crippen LogP contribution is 2.12. The van der Waals surface area contributed by atoms with Gasteiger partial charge >= 0.3 is 0 Å². The number of hydrogen-bond donors (Lipinski definition) is 3. The number of aliphatic hydroxyl groups excluding tert-OH is 2. The van der Waals surface area contributed by atoms with E-state index in [-0.39, 0.29) is 12.5 Å². The quantitative estimate of drug-likeness (QED) is 0.0422. The van der Waals surface area contributed by atoms with Gasteiger partial charge in [0.2, 0.25) is 5.91 Å².